The van der Waals surface area contributed by atoms with Crippen LogP contribution in [0.25, 0.3) is 10.9 Å². The molecule has 0 spiro atoms. The van der Waals surface area contributed by atoms with Crippen LogP contribution in [0.1, 0.15) is 27.2 Å². The van der Waals surface area contributed by atoms with E-state index in [1.807, 2.05) is 48.9 Å². The van der Waals surface area contributed by atoms with Gasteiger partial charge in [0.05, 0.1) is 0 Å². The van der Waals surface area contributed by atoms with Crippen LogP contribution in [0.5, 0.6) is 0 Å². The van der Waals surface area contributed by atoms with Gasteiger partial charge in [0.1, 0.15) is 6.54 Å². The molecule has 1 amide bonds. The molecular formula is C15H19ClN2O. The van der Waals surface area contributed by atoms with Crippen molar-refractivity contribution in [1.82, 2.24) is 9.88 Å². The minimum Gasteiger partial charge on any atom is -0.350 e. The first-order chi connectivity index (χ1) is 8.91. The molecule has 2 aromatic rings. The highest BCUT2D eigenvalue weighted by Gasteiger charge is 2.18. The van der Waals surface area contributed by atoms with Gasteiger partial charge in [0.25, 0.3) is 0 Å². The van der Waals surface area contributed by atoms with Gasteiger partial charge in [-0.15, -0.1) is 0 Å². The average Bonchev–Trinajstić information content (AvgIpc) is 2.71. The Labute approximate surface area is 118 Å². The minimum absolute atomic E-state index is 0.0179. The fraction of sp³-hybridized carbons (Fsp3) is 0.400. The lowest BCUT2D eigenvalue weighted by molar-refractivity contribution is -0.123. The number of nitrogens with zero attached hydrogens (tertiary/aromatic N) is 1. The van der Waals surface area contributed by atoms with E-state index in [9.17, 15) is 4.79 Å². The van der Waals surface area contributed by atoms with Crippen LogP contribution in [0.4, 0.5) is 0 Å². The number of halogens is 1. The molecule has 0 aliphatic heterocycles. The zero-order valence-electron chi connectivity index (χ0n) is 11.5. The van der Waals surface area contributed by atoms with Gasteiger partial charge < -0.3 is 9.88 Å². The molecule has 1 aromatic heterocycles. The minimum atomic E-state index is -0.169. The van der Waals surface area contributed by atoms with Crippen LogP contribution in [-0.4, -0.2) is 16.0 Å². The summed E-state index contributed by atoms with van der Waals surface area (Å²) < 4.78 is 1.92. The van der Waals surface area contributed by atoms with E-state index >= 15 is 0 Å². The molecule has 0 radical (unpaired) electrons. The fourth-order valence-corrected chi connectivity index (χ4v) is 2.12. The van der Waals surface area contributed by atoms with Crippen molar-refractivity contribution in [2.24, 2.45) is 0 Å². The monoisotopic (exact) mass is 278 g/mol. The Morgan fingerprint density at radius 3 is 2.79 bits per heavy atom. The second-order valence-electron chi connectivity index (χ2n) is 5.43. The van der Waals surface area contributed by atoms with Crippen LogP contribution < -0.4 is 5.32 Å². The van der Waals surface area contributed by atoms with E-state index < -0.39 is 0 Å². The Bertz CT molecular complexity index is 601. The van der Waals surface area contributed by atoms with Crippen molar-refractivity contribution in [1.29, 1.82) is 0 Å². The first kappa shape index (κ1) is 13.9. The van der Waals surface area contributed by atoms with Gasteiger partial charge in [0.2, 0.25) is 5.91 Å². The molecule has 0 bridgehead atoms. The second kappa shape index (κ2) is 5.25. The summed E-state index contributed by atoms with van der Waals surface area (Å²) in [6.45, 7) is 6.42. The maximum absolute atomic E-state index is 12.0. The molecule has 0 unspecified atom stereocenters. The van der Waals surface area contributed by atoms with Gasteiger partial charge >= 0.3 is 0 Å². The number of hydrogen-bond acceptors (Lipinski definition) is 1. The van der Waals surface area contributed by atoms with Gasteiger partial charge in [0, 0.05) is 22.3 Å². The highest BCUT2D eigenvalue weighted by molar-refractivity contribution is 6.31. The number of fused-ring (bicyclic) bond motifs is 1. The lowest BCUT2D eigenvalue weighted by atomic mass is 10.0. The van der Waals surface area contributed by atoms with E-state index in [1.54, 1.807) is 0 Å². The second-order valence-corrected chi connectivity index (χ2v) is 5.87. The van der Waals surface area contributed by atoms with E-state index in [0.29, 0.717) is 11.6 Å². The normalized spacial score (nSPS) is 11.8. The number of hydrogen-bond donors (Lipinski definition) is 1. The van der Waals surface area contributed by atoms with Gasteiger partial charge in [-0.1, -0.05) is 24.6 Å². The van der Waals surface area contributed by atoms with Crippen molar-refractivity contribution in [3.63, 3.8) is 0 Å². The van der Waals surface area contributed by atoms with Gasteiger partial charge in [-0.2, -0.15) is 0 Å². The van der Waals surface area contributed by atoms with Crippen molar-refractivity contribution in [2.45, 2.75) is 39.3 Å². The largest absolute Gasteiger partial charge is 0.350 e. The van der Waals surface area contributed by atoms with E-state index in [0.717, 1.165) is 17.3 Å². The molecule has 0 saturated carbocycles. The van der Waals surface area contributed by atoms with Gasteiger partial charge in [-0.25, -0.2) is 0 Å². The lowest BCUT2D eigenvalue weighted by Crippen LogP contribution is -2.44. The molecule has 19 heavy (non-hydrogen) atoms. The molecule has 1 N–H and O–H groups in total. The highest BCUT2D eigenvalue weighted by atomic mass is 35.5. The van der Waals surface area contributed by atoms with Crippen LogP contribution >= 0.6 is 11.6 Å². The number of carbonyl (C=O) groups excluding carboxylic acids is 1. The number of aromatic nitrogens is 1. The Hall–Kier alpha value is -1.48. The molecule has 3 nitrogen and oxygen atoms in total. The molecule has 0 fully saturated rings. The van der Waals surface area contributed by atoms with Crippen molar-refractivity contribution >= 4 is 28.4 Å². The molecule has 2 rings (SSSR count). The Kier molecular flexibility index (Phi) is 3.85. The Morgan fingerprint density at radius 2 is 2.11 bits per heavy atom. The van der Waals surface area contributed by atoms with Crippen LogP contribution in [0.3, 0.4) is 0 Å². The zero-order chi connectivity index (χ0) is 14.0. The third-order valence-corrected chi connectivity index (χ3v) is 3.65. The summed E-state index contributed by atoms with van der Waals surface area (Å²) >= 11 is 6.00. The molecule has 102 valence electrons. The Balaban J connectivity index is 2.17. The molecule has 0 saturated heterocycles. The predicted molar refractivity (Wildman–Crippen MR) is 79.5 cm³/mol. The maximum Gasteiger partial charge on any atom is 0.240 e. The van der Waals surface area contributed by atoms with Crippen LogP contribution in [-0.2, 0) is 11.3 Å². The van der Waals surface area contributed by atoms with Gasteiger partial charge in [-0.3, -0.25) is 4.79 Å². The summed E-state index contributed by atoms with van der Waals surface area (Å²) in [5, 5.41) is 4.80. The maximum atomic E-state index is 12.0. The first-order valence-corrected chi connectivity index (χ1v) is 6.84. The van der Waals surface area contributed by atoms with Gasteiger partial charge in [0.15, 0.2) is 0 Å². The number of carbonyl (C=O) groups is 1. The summed E-state index contributed by atoms with van der Waals surface area (Å²) in [5.74, 6) is 0.0179. The number of benzene rings is 1. The SMILES string of the molecule is CCC(C)(C)NC(=O)Cn1ccc2ccc(Cl)cc21. The molecule has 0 atom stereocenters. The molecule has 4 heteroatoms. The van der Waals surface area contributed by atoms with Crippen molar-refractivity contribution < 1.29 is 4.79 Å². The highest BCUT2D eigenvalue weighted by Crippen LogP contribution is 2.20. The molecular weight excluding hydrogens is 260 g/mol. The summed E-state index contributed by atoms with van der Waals surface area (Å²) in [6.07, 6.45) is 2.82. The predicted octanol–water partition coefficient (Wildman–Crippen LogP) is 3.60. The van der Waals surface area contributed by atoms with E-state index in [1.165, 1.54) is 0 Å². The van der Waals surface area contributed by atoms with E-state index in [4.69, 9.17) is 11.6 Å². The van der Waals surface area contributed by atoms with Crippen LogP contribution in [0.15, 0.2) is 30.5 Å². The van der Waals surface area contributed by atoms with Crippen molar-refractivity contribution in [2.75, 3.05) is 0 Å². The summed E-state index contributed by atoms with van der Waals surface area (Å²) in [6, 6.07) is 7.69. The number of rotatable bonds is 4. The third-order valence-electron chi connectivity index (χ3n) is 3.41. The fourth-order valence-electron chi connectivity index (χ4n) is 1.95. The number of nitrogens with one attached hydrogen (secondary N) is 1. The average molecular weight is 279 g/mol. The van der Waals surface area contributed by atoms with Gasteiger partial charge in [-0.05, 0) is 43.9 Å². The van der Waals surface area contributed by atoms with Crippen LogP contribution in [0, 0.1) is 0 Å². The smallest absolute Gasteiger partial charge is 0.240 e. The van der Waals surface area contributed by atoms with E-state index in [2.05, 4.69) is 12.2 Å². The lowest BCUT2D eigenvalue weighted by Gasteiger charge is -2.24. The molecule has 0 aliphatic rings. The molecule has 1 aromatic carbocycles. The topological polar surface area (TPSA) is 34.0 Å². The summed E-state index contributed by atoms with van der Waals surface area (Å²) in [4.78, 5) is 12.0. The summed E-state index contributed by atoms with van der Waals surface area (Å²) in [7, 11) is 0. The van der Waals surface area contributed by atoms with Crippen LogP contribution in [0.2, 0.25) is 5.02 Å². The first-order valence-electron chi connectivity index (χ1n) is 6.47. The van der Waals surface area contributed by atoms with E-state index in [-0.39, 0.29) is 11.4 Å². The number of amides is 1. The molecule has 1 heterocycles. The third kappa shape index (κ3) is 3.29. The quantitative estimate of drug-likeness (QED) is 0.911. The zero-order valence-corrected chi connectivity index (χ0v) is 12.3. The van der Waals surface area contributed by atoms with Crippen molar-refractivity contribution in [3.8, 4) is 0 Å². The van der Waals surface area contributed by atoms with Crippen molar-refractivity contribution in [3.05, 3.63) is 35.5 Å². The standard InChI is InChI=1S/C15H19ClN2O/c1-4-15(2,3)17-14(19)10-18-8-7-11-5-6-12(16)9-13(11)18/h5-9H,4,10H2,1-3H3,(H,17,19). The summed E-state index contributed by atoms with van der Waals surface area (Å²) in [5.41, 5.74) is 0.814. The Morgan fingerprint density at radius 1 is 1.37 bits per heavy atom. The molecule has 0 aliphatic carbocycles.